The van der Waals surface area contributed by atoms with Crippen LogP contribution in [0.1, 0.15) is 29.8 Å². The molecule has 100 valence electrons. The Morgan fingerprint density at radius 1 is 0.950 bits per heavy atom. The summed E-state index contributed by atoms with van der Waals surface area (Å²) in [4.78, 5) is 14.0. The maximum absolute atomic E-state index is 12.4. The predicted molar refractivity (Wildman–Crippen MR) is 81.1 cm³/mol. The summed E-state index contributed by atoms with van der Waals surface area (Å²) in [5.41, 5.74) is 1.56. The van der Waals surface area contributed by atoms with E-state index in [1.807, 2.05) is 74.5 Å². The van der Waals surface area contributed by atoms with Crippen molar-refractivity contribution in [3.63, 3.8) is 0 Å². The van der Waals surface area contributed by atoms with Crippen LogP contribution in [0.2, 0.25) is 0 Å². The lowest BCUT2D eigenvalue weighted by Gasteiger charge is -2.19. The number of rotatable bonds is 2. The van der Waals surface area contributed by atoms with E-state index in [1.54, 1.807) is 4.90 Å². The van der Waals surface area contributed by atoms with Gasteiger partial charge in [0.2, 0.25) is 0 Å². The van der Waals surface area contributed by atoms with Crippen LogP contribution in [0.3, 0.4) is 0 Å². The molecule has 0 aromatic heterocycles. The molecule has 1 amide bonds. The summed E-state index contributed by atoms with van der Waals surface area (Å²) < 4.78 is 0. The molecule has 0 radical (unpaired) electrons. The molecule has 0 saturated carbocycles. The second-order valence-corrected chi connectivity index (χ2v) is 4.74. The van der Waals surface area contributed by atoms with E-state index in [2.05, 4.69) is 12.0 Å². The molecule has 2 aromatic rings. The number of hydrogen-bond donors (Lipinski definition) is 0. The van der Waals surface area contributed by atoms with Crippen molar-refractivity contribution in [2.75, 3.05) is 0 Å². The van der Waals surface area contributed by atoms with Crippen LogP contribution in [0, 0.1) is 12.0 Å². The van der Waals surface area contributed by atoms with Crippen LogP contribution in [0.5, 0.6) is 0 Å². The number of hydrogen-bond acceptors (Lipinski definition) is 1. The molecule has 2 rings (SSSR count). The van der Waals surface area contributed by atoms with E-state index >= 15 is 0 Å². The Bertz CT molecular complexity index is 621. The Kier molecular flexibility index (Phi) is 4.57. The van der Waals surface area contributed by atoms with Crippen LogP contribution in [-0.2, 0) is 0 Å². The van der Waals surface area contributed by atoms with Gasteiger partial charge in [-0.2, -0.15) is 0 Å². The van der Waals surface area contributed by atoms with E-state index in [9.17, 15) is 4.79 Å². The predicted octanol–water partition coefficient (Wildman–Crippen LogP) is 3.55. The summed E-state index contributed by atoms with van der Waals surface area (Å²) in [6.45, 7) is 3.92. The summed E-state index contributed by atoms with van der Waals surface area (Å²) in [5, 5.41) is 0. The van der Waals surface area contributed by atoms with Gasteiger partial charge >= 0.3 is 0 Å². The third-order valence-electron chi connectivity index (χ3n) is 2.85. The molecule has 0 bridgehead atoms. The molecule has 0 N–H and O–H groups in total. The lowest BCUT2D eigenvalue weighted by molar-refractivity contribution is 0.0803. The maximum atomic E-state index is 12.4. The maximum Gasteiger partial charge on any atom is 0.265 e. The Labute approximate surface area is 120 Å². The number of amides is 1. The first-order valence-electron chi connectivity index (χ1n) is 6.64. The molecular weight excluding hydrogens is 246 g/mol. The molecule has 2 heteroatoms. The molecule has 2 aromatic carbocycles. The highest BCUT2D eigenvalue weighted by Gasteiger charge is 2.16. The number of nitrogens with zero attached hydrogens (tertiary/aromatic N) is 1. The molecule has 0 unspecified atom stereocenters. The van der Waals surface area contributed by atoms with Crippen molar-refractivity contribution in [1.29, 1.82) is 0 Å². The van der Waals surface area contributed by atoms with Gasteiger partial charge in [-0.1, -0.05) is 36.4 Å². The molecule has 0 fully saturated rings. The van der Waals surface area contributed by atoms with Gasteiger partial charge in [0, 0.05) is 23.2 Å². The van der Waals surface area contributed by atoms with Gasteiger partial charge in [0.05, 0.1) is 0 Å². The fourth-order valence-electron chi connectivity index (χ4n) is 1.78. The monoisotopic (exact) mass is 263 g/mol. The largest absolute Gasteiger partial charge is 0.268 e. The smallest absolute Gasteiger partial charge is 0.265 e. The Morgan fingerprint density at radius 2 is 1.50 bits per heavy atom. The van der Waals surface area contributed by atoms with Gasteiger partial charge in [-0.15, -0.1) is 0 Å². The third kappa shape index (κ3) is 3.49. The van der Waals surface area contributed by atoms with Crippen LogP contribution in [0.4, 0.5) is 0 Å². The minimum atomic E-state index is -0.0657. The summed E-state index contributed by atoms with van der Waals surface area (Å²) in [6.07, 6.45) is 0. The number of carbonyl (C=O) groups is 1. The molecule has 2 nitrogen and oxygen atoms in total. The van der Waals surface area contributed by atoms with Crippen LogP contribution in [0.25, 0.3) is 0 Å². The number of benzene rings is 2. The quantitative estimate of drug-likeness (QED) is 0.599. The molecule has 0 aliphatic carbocycles. The van der Waals surface area contributed by atoms with Gasteiger partial charge in [-0.05, 0) is 44.0 Å². The van der Waals surface area contributed by atoms with E-state index in [4.69, 9.17) is 0 Å². The standard InChI is InChI=1S/C18H17NO/c1-15(2)19(14-13-16-9-5-3-6-10-16)18(20)17-11-7-4-8-12-17/h3-12,15H,1-2H3. The highest BCUT2D eigenvalue weighted by atomic mass is 16.2. The van der Waals surface area contributed by atoms with Crippen LogP contribution in [-0.4, -0.2) is 16.8 Å². The average Bonchev–Trinajstić information content (AvgIpc) is 2.49. The Hall–Kier alpha value is -2.53. The first-order chi connectivity index (χ1) is 9.68. The van der Waals surface area contributed by atoms with E-state index in [-0.39, 0.29) is 11.9 Å². The summed E-state index contributed by atoms with van der Waals surface area (Å²) in [6, 6.07) is 21.9. The minimum Gasteiger partial charge on any atom is -0.268 e. The zero-order valence-electron chi connectivity index (χ0n) is 11.7. The highest BCUT2D eigenvalue weighted by Crippen LogP contribution is 2.07. The van der Waals surface area contributed by atoms with E-state index in [0.29, 0.717) is 5.56 Å². The van der Waals surface area contributed by atoms with Crippen molar-refractivity contribution >= 4 is 5.91 Å². The first-order valence-corrected chi connectivity index (χ1v) is 6.64. The Balaban J connectivity index is 2.25. The van der Waals surface area contributed by atoms with Gasteiger partial charge in [0.1, 0.15) is 0 Å². The van der Waals surface area contributed by atoms with Gasteiger partial charge in [-0.25, -0.2) is 0 Å². The lowest BCUT2D eigenvalue weighted by atomic mass is 10.2. The van der Waals surface area contributed by atoms with Gasteiger partial charge in [0.25, 0.3) is 5.91 Å². The van der Waals surface area contributed by atoms with E-state index in [0.717, 1.165) is 5.56 Å². The van der Waals surface area contributed by atoms with Crippen molar-refractivity contribution in [2.45, 2.75) is 19.9 Å². The number of carbonyl (C=O) groups excluding carboxylic acids is 1. The molecule has 0 saturated heterocycles. The minimum absolute atomic E-state index is 0.0268. The molecule has 20 heavy (non-hydrogen) atoms. The topological polar surface area (TPSA) is 20.3 Å². The second-order valence-electron chi connectivity index (χ2n) is 4.74. The fourth-order valence-corrected chi connectivity index (χ4v) is 1.78. The van der Waals surface area contributed by atoms with Crippen molar-refractivity contribution in [3.8, 4) is 12.0 Å². The molecule has 0 atom stereocenters. The lowest BCUT2D eigenvalue weighted by Crippen LogP contribution is -2.32. The first kappa shape index (κ1) is 13.9. The SMILES string of the molecule is CC(C)N(C#Cc1ccccc1)C(=O)c1ccccc1. The normalized spacial score (nSPS) is 9.75. The Morgan fingerprint density at radius 3 is 2.05 bits per heavy atom. The van der Waals surface area contributed by atoms with Crippen molar-refractivity contribution in [3.05, 3.63) is 71.8 Å². The molecule has 0 spiro atoms. The van der Waals surface area contributed by atoms with Crippen LogP contribution in [0.15, 0.2) is 60.7 Å². The van der Waals surface area contributed by atoms with Gasteiger partial charge in [0.15, 0.2) is 0 Å². The zero-order chi connectivity index (χ0) is 14.4. The second kappa shape index (κ2) is 6.58. The summed E-state index contributed by atoms with van der Waals surface area (Å²) in [7, 11) is 0. The van der Waals surface area contributed by atoms with E-state index in [1.165, 1.54) is 0 Å². The van der Waals surface area contributed by atoms with Gasteiger partial charge in [-0.3, -0.25) is 9.69 Å². The molecule has 0 heterocycles. The fraction of sp³-hybridized carbons (Fsp3) is 0.167. The zero-order valence-corrected chi connectivity index (χ0v) is 11.7. The van der Waals surface area contributed by atoms with Crippen molar-refractivity contribution in [1.82, 2.24) is 4.90 Å². The highest BCUT2D eigenvalue weighted by molar-refractivity contribution is 5.95. The van der Waals surface area contributed by atoms with E-state index < -0.39 is 0 Å². The van der Waals surface area contributed by atoms with Crippen LogP contribution < -0.4 is 0 Å². The molecular formula is C18H17NO. The van der Waals surface area contributed by atoms with Crippen LogP contribution >= 0.6 is 0 Å². The third-order valence-corrected chi connectivity index (χ3v) is 2.85. The van der Waals surface area contributed by atoms with Crippen molar-refractivity contribution in [2.24, 2.45) is 0 Å². The van der Waals surface area contributed by atoms with Gasteiger partial charge < -0.3 is 0 Å². The molecule has 0 aliphatic rings. The summed E-state index contributed by atoms with van der Waals surface area (Å²) in [5.74, 6) is 2.97. The summed E-state index contributed by atoms with van der Waals surface area (Å²) >= 11 is 0. The average molecular weight is 263 g/mol. The molecule has 0 aliphatic heterocycles. The van der Waals surface area contributed by atoms with Crippen molar-refractivity contribution < 1.29 is 4.79 Å².